The summed E-state index contributed by atoms with van der Waals surface area (Å²) in [6.07, 6.45) is 2.05. The van der Waals surface area contributed by atoms with E-state index < -0.39 is 11.8 Å². The number of halogens is 3. The average Bonchev–Trinajstić information content (AvgIpc) is 3.54. The van der Waals surface area contributed by atoms with E-state index in [0.717, 1.165) is 29.7 Å². The third-order valence-corrected chi connectivity index (χ3v) is 6.31. The first-order chi connectivity index (χ1) is 15.4. The first-order valence-corrected chi connectivity index (χ1v) is 11.0. The van der Waals surface area contributed by atoms with E-state index >= 15 is 0 Å². The van der Waals surface area contributed by atoms with E-state index in [2.05, 4.69) is 21.2 Å². The predicted molar refractivity (Wildman–Crippen MR) is 122 cm³/mol. The fraction of sp³-hybridized carbons (Fsp3) is 0.160. The van der Waals surface area contributed by atoms with Gasteiger partial charge in [-0.2, -0.15) is 0 Å². The molecule has 4 nitrogen and oxygen atoms in total. The van der Waals surface area contributed by atoms with Crippen LogP contribution in [0.4, 0.5) is 14.5 Å². The maximum absolute atomic E-state index is 13.9. The number of rotatable bonds is 6. The Labute approximate surface area is 191 Å². The Bertz CT molecular complexity index is 1340. The van der Waals surface area contributed by atoms with Crippen molar-refractivity contribution >= 4 is 38.6 Å². The van der Waals surface area contributed by atoms with Gasteiger partial charge in [-0.3, -0.25) is 0 Å². The number of carbonyl (C=O) groups is 1. The van der Waals surface area contributed by atoms with Gasteiger partial charge in [-0.1, -0.05) is 6.07 Å². The number of nitrogens with one attached hydrogen (secondary N) is 1. The van der Waals surface area contributed by atoms with Gasteiger partial charge in [0, 0.05) is 29.2 Å². The normalized spacial score (nSPS) is 13.5. The molecule has 1 heterocycles. The molecule has 4 aromatic rings. The maximum atomic E-state index is 13.9. The molecule has 1 aromatic heterocycles. The number of hydrogen-bond donors (Lipinski definition) is 2. The van der Waals surface area contributed by atoms with Crippen molar-refractivity contribution in [2.45, 2.75) is 25.3 Å². The molecule has 0 spiro atoms. The Hall–Kier alpha value is -3.19. The minimum Gasteiger partial charge on any atom is -0.478 e. The second-order valence-corrected chi connectivity index (χ2v) is 8.78. The molecule has 1 saturated carbocycles. The molecule has 0 bridgehead atoms. The molecule has 0 saturated heterocycles. The van der Waals surface area contributed by atoms with Crippen molar-refractivity contribution < 1.29 is 23.1 Å². The fourth-order valence-corrected chi connectivity index (χ4v) is 4.16. The van der Waals surface area contributed by atoms with Gasteiger partial charge >= 0.3 is 5.97 Å². The first-order valence-electron chi connectivity index (χ1n) is 10.2. The number of hydrogen-bond acceptors (Lipinski definition) is 3. The molecule has 2 N–H and O–H groups in total. The van der Waals surface area contributed by atoms with Crippen LogP contribution in [0.3, 0.4) is 0 Å². The van der Waals surface area contributed by atoms with Gasteiger partial charge in [0.15, 0.2) is 0 Å². The van der Waals surface area contributed by atoms with Gasteiger partial charge in [-0.15, -0.1) is 0 Å². The van der Waals surface area contributed by atoms with Crippen molar-refractivity contribution in [3.63, 3.8) is 0 Å². The average molecular weight is 498 g/mol. The van der Waals surface area contributed by atoms with Crippen LogP contribution in [0.2, 0.25) is 0 Å². The summed E-state index contributed by atoms with van der Waals surface area (Å²) in [5.74, 6) is -1.30. The minimum atomic E-state index is -1.10. The second kappa shape index (κ2) is 8.06. The van der Waals surface area contributed by atoms with Gasteiger partial charge in [0.1, 0.15) is 28.5 Å². The molecular weight excluding hydrogens is 480 g/mol. The van der Waals surface area contributed by atoms with Gasteiger partial charge in [0.25, 0.3) is 0 Å². The van der Waals surface area contributed by atoms with E-state index in [9.17, 15) is 18.7 Å². The van der Waals surface area contributed by atoms with Crippen molar-refractivity contribution in [3.05, 3.63) is 87.4 Å². The lowest BCUT2D eigenvalue weighted by Crippen LogP contribution is -2.03. The highest BCUT2D eigenvalue weighted by atomic mass is 79.9. The second-order valence-electron chi connectivity index (χ2n) is 7.93. The highest BCUT2D eigenvalue weighted by Gasteiger charge is 2.29. The highest BCUT2D eigenvalue weighted by molar-refractivity contribution is 9.10. The zero-order chi connectivity index (χ0) is 22.4. The first kappa shape index (κ1) is 20.7. The summed E-state index contributed by atoms with van der Waals surface area (Å²) in [6, 6.07) is 14.2. The number of carboxylic acids is 1. The van der Waals surface area contributed by atoms with Crippen LogP contribution in [-0.4, -0.2) is 11.1 Å². The summed E-state index contributed by atoms with van der Waals surface area (Å²) < 4.78 is 33.6. The molecule has 1 fully saturated rings. The summed E-state index contributed by atoms with van der Waals surface area (Å²) in [5.41, 5.74) is 3.62. The van der Waals surface area contributed by atoms with Crippen LogP contribution in [-0.2, 0) is 6.54 Å². The van der Waals surface area contributed by atoms with Crippen LogP contribution in [0.15, 0.2) is 63.5 Å². The zero-order valence-electron chi connectivity index (χ0n) is 16.8. The van der Waals surface area contributed by atoms with E-state index in [1.807, 2.05) is 12.1 Å². The van der Waals surface area contributed by atoms with E-state index in [1.165, 1.54) is 30.3 Å². The van der Waals surface area contributed by atoms with Gasteiger partial charge in [-0.25, -0.2) is 13.6 Å². The number of furan rings is 1. The quantitative estimate of drug-likeness (QED) is 0.292. The van der Waals surface area contributed by atoms with Crippen molar-refractivity contribution in [2.24, 2.45) is 0 Å². The number of aromatic carboxylic acids is 1. The largest absolute Gasteiger partial charge is 0.478 e. The van der Waals surface area contributed by atoms with Crippen molar-refractivity contribution in [1.29, 1.82) is 0 Å². The summed E-state index contributed by atoms with van der Waals surface area (Å²) >= 11 is 3.16. The van der Waals surface area contributed by atoms with E-state index in [0.29, 0.717) is 33.5 Å². The fourth-order valence-electron chi connectivity index (χ4n) is 3.91. The van der Waals surface area contributed by atoms with Crippen molar-refractivity contribution in [1.82, 2.24) is 0 Å². The number of carboxylic acid groups (broad SMARTS) is 1. The summed E-state index contributed by atoms with van der Waals surface area (Å²) in [5, 5.41) is 13.8. The third kappa shape index (κ3) is 3.88. The van der Waals surface area contributed by atoms with Crippen LogP contribution < -0.4 is 5.32 Å². The summed E-state index contributed by atoms with van der Waals surface area (Å²) in [6.45, 7) is 0.409. The highest BCUT2D eigenvalue weighted by Crippen LogP contribution is 2.46. The molecule has 0 amide bonds. The molecule has 5 rings (SSSR count). The van der Waals surface area contributed by atoms with Crippen LogP contribution in [0.5, 0.6) is 0 Å². The molecule has 0 atom stereocenters. The molecule has 0 unspecified atom stereocenters. The third-order valence-electron chi connectivity index (χ3n) is 5.66. The Kier molecular flexibility index (Phi) is 5.21. The Balaban J connectivity index is 1.58. The molecule has 0 aliphatic heterocycles. The number of benzene rings is 3. The lowest BCUT2D eigenvalue weighted by molar-refractivity contribution is 0.0699. The standard InChI is InChI=1S/C25H18BrF2NO3/c26-19-8-1-13(9-20(19)28)12-29-21-11-22-18(10-17(21)14-2-3-14)23(25(30)31)24(32-22)15-4-6-16(27)7-5-15/h1,4-11,14,29H,2-3,12H2,(H,30,31). The van der Waals surface area contributed by atoms with Crippen LogP contribution in [0.25, 0.3) is 22.3 Å². The van der Waals surface area contributed by atoms with Crippen molar-refractivity contribution in [3.8, 4) is 11.3 Å². The molecule has 0 radical (unpaired) electrons. The van der Waals surface area contributed by atoms with Crippen LogP contribution >= 0.6 is 15.9 Å². The zero-order valence-corrected chi connectivity index (χ0v) is 18.4. The van der Waals surface area contributed by atoms with Gasteiger partial charge in [-0.05, 0) is 88.3 Å². The van der Waals surface area contributed by atoms with E-state index in [-0.39, 0.29) is 17.1 Å². The molecule has 1 aliphatic rings. The molecule has 32 heavy (non-hydrogen) atoms. The Morgan fingerprint density at radius 2 is 1.84 bits per heavy atom. The summed E-state index contributed by atoms with van der Waals surface area (Å²) in [7, 11) is 0. The van der Waals surface area contributed by atoms with E-state index in [4.69, 9.17) is 4.42 Å². The maximum Gasteiger partial charge on any atom is 0.340 e. The van der Waals surface area contributed by atoms with E-state index in [1.54, 1.807) is 12.1 Å². The van der Waals surface area contributed by atoms with Gasteiger partial charge in [0.05, 0.1) is 4.47 Å². The topological polar surface area (TPSA) is 62.5 Å². The minimum absolute atomic E-state index is 0.0649. The Morgan fingerprint density at radius 3 is 2.50 bits per heavy atom. The Morgan fingerprint density at radius 1 is 1.09 bits per heavy atom. The molecule has 1 aliphatic carbocycles. The van der Waals surface area contributed by atoms with Crippen molar-refractivity contribution in [2.75, 3.05) is 5.32 Å². The van der Waals surface area contributed by atoms with Gasteiger partial charge in [0.2, 0.25) is 0 Å². The molecule has 7 heteroatoms. The molecular formula is C25H18BrF2NO3. The van der Waals surface area contributed by atoms with Crippen LogP contribution in [0, 0.1) is 11.6 Å². The predicted octanol–water partition coefficient (Wildman–Crippen LogP) is 7.33. The smallest absolute Gasteiger partial charge is 0.340 e. The van der Waals surface area contributed by atoms with Crippen LogP contribution in [0.1, 0.15) is 40.2 Å². The number of fused-ring (bicyclic) bond motifs is 1. The molecule has 162 valence electrons. The monoisotopic (exact) mass is 497 g/mol. The lowest BCUT2D eigenvalue weighted by Gasteiger charge is -2.12. The lowest BCUT2D eigenvalue weighted by atomic mass is 10.0. The molecule has 3 aromatic carbocycles. The number of anilines is 1. The SMILES string of the molecule is O=C(O)c1c(-c2ccc(F)cc2)oc2cc(NCc3ccc(Br)c(F)c3)c(C3CC3)cc12. The summed E-state index contributed by atoms with van der Waals surface area (Å²) in [4.78, 5) is 12.1. The van der Waals surface area contributed by atoms with Gasteiger partial charge < -0.3 is 14.8 Å².